The minimum Gasteiger partial charge on any atom is -0.272 e. The predicted octanol–water partition coefficient (Wildman–Crippen LogP) is 3.40. The Morgan fingerprint density at radius 3 is 2.64 bits per heavy atom. The first kappa shape index (κ1) is 16.9. The molecule has 2 N–H and O–H groups in total. The van der Waals surface area contributed by atoms with Gasteiger partial charge in [0.25, 0.3) is 5.91 Å². The second-order valence-corrected chi connectivity index (χ2v) is 7.30. The number of halogens is 1. The first-order valence-corrected chi connectivity index (χ1v) is 8.88. The van der Waals surface area contributed by atoms with Crippen LogP contribution < -0.4 is 10.9 Å². The average molecular weight is 355 g/mol. The van der Waals surface area contributed by atoms with Crippen LogP contribution in [0.1, 0.15) is 20.8 Å². The number of aryl methyl sites for hydroxylation is 1. The smallest absolute Gasteiger partial charge is 0.269 e. The molecule has 7 heteroatoms. The highest BCUT2D eigenvalue weighted by molar-refractivity contribution is 7.99. The van der Waals surface area contributed by atoms with Crippen LogP contribution in [-0.2, 0) is 10.5 Å². The number of rotatable bonds is 5. The van der Waals surface area contributed by atoms with Gasteiger partial charge >= 0.3 is 0 Å². The van der Waals surface area contributed by atoms with Crippen LogP contribution in [-0.4, -0.2) is 17.6 Å². The summed E-state index contributed by atoms with van der Waals surface area (Å²) in [5.74, 6) is 0.427. The van der Waals surface area contributed by atoms with Crippen LogP contribution in [0.15, 0.2) is 36.4 Å². The lowest BCUT2D eigenvalue weighted by Crippen LogP contribution is -2.42. The van der Waals surface area contributed by atoms with Crippen molar-refractivity contribution in [1.29, 1.82) is 0 Å². The Hall–Kier alpha value is -1.50. The Balaban J connectivity index is 1.71. The fraction of sp³-hybridized carbons (Fsp3) is 0.200. The molecular formula is C15H15ClN2O2S2. The molecule has 2 rings (SSSR count). The van der Waals surface area contributed by atoms with E-state index in [0.717, 1.165) is 20.5 Å². The lowest BCUT2D eigenvalue weighted by atomic mass is 10.1. The van der Waals surface area contributed by atoms with E-state index in [0.29, 0.717) is 5.56 Å². The second kappa shape index (κ2) is 8.22. The van der Waals surface area contributed by atoms with Crippen LogP contribution in [0.3, 0.4) is 0 Å². The van der Waals surface area contributed by atoms with Gasteiger partial charge in [-0.15, -0.1) is 23.1 Å². The van der Waals surface area contributed by atoms with Gasteiger partial charge in [-0.2, -0.15) is 0 Å². The first-order chi connectivity index (χ1) is 10.6. The predicted molar refractivity (Wildman–Crippen MR) is 92.3 cm³/mol. The molecule has 4 nitrogen and oxygen atoms in total. The molecule has 1 aromatic heterocycles. The summed E-state index contributed by atoms with van der Waals surface area (Å²) in [7, 11) is 0. The minimum absolute atomic E-state index is 0.241. The summed E-state index contributed by atoms with van der Waals surface area (Å²) < 4.78 is 0.741. The summed E-state index contributed by atoms with van der Waals surface area (Å²) in [6.45, 7) is 1.85. The lowest BCUT2D eigenvalue weighted by molar-refractivity contribution is -0.119. The molecular weight excluding hydrogens is 340 g/mol. The molecule has 0 saturated heterocycles. The van der Waals surface area contributed by atoms with Crippen LogP contribution >= 0.6 is 34.7 Å². The number of amides is 2. The number of thioether (sulfide) groups is 1. The highest BCUT2D eigenvalue weighted by Crippen LogP contribution is 2.24. The van der Waals surface area contributed by atoms with Gasteiger partial charge in [-0.25, -0.2) is 0 Å². The third-order valence-electron chi connectivity index (χ3n) is 2.81. The number of hydrogen-bond acceptors (Lipinski definition) is 4. The van der Waals surface area contributed by atoms with Gasteiger partial charge in [0, 0.05) is 16.2 Å². The molecule has 0 aliphatic heterocycles. The zero-order valence-corrected chi connectivity index (χ0v) is 14.3. The van der Waals surface area contributed by atoms with E-state index in [4.69, 9.17) is 11.6 Å². The maximum Gasteiger partial charge on any atom is 0.269 e. The molecule has 116 valence electrons. The van der Waals surface area contributed by atoms with Crippen molar-refractivity contribution in [2.24, 2.45) is 0 Å². The standard InChI is InChI=1S/C15H15ClN2O2S2/c1-10-4-2-3-5-12(10)15(20)18-17-14(19)9-21-8-11-6-7-13(16)22-11/h2-7H,8-9H2,1H3,(H,17,19)(H,18,20). The van der Waals surface area contributed by atoms with E-state index in [1.165, 1.54) is 23.1 Å². The van der Waals surface area contributed by atoms with E-state index in [1.807, 2.05) is 31.2 Å². The number of benzene rings is 1. The van der Waals surface area contributed by atoms with Crippen LogP contribution in [0.4, 0.5) is 0 Å². The molecule has 0 aliphatic rings. The highest BCUT2D eigenvalue weighted by Gasteiger charge is 2.09. The van der Waals surface area contributed by atoms with Crippen LogP contribution in [0, 0.1) is 6.92 Å². The molecule has 0 saturated carbocycles. The van der Waals surface area contributed by atoms with Gasteiger partial charge in [0.15, 0.2) is 0 Å². The van der Waals surface area contributed by atoms with Gasteiger partial charge in [-0.3, -0.25) is 20.4 Å². The SMILES string of the molecule is Cc1ccccc1C(=O)NNC(=O)CSCc1ccc(Cl)s1. The molecule has 0 unspecified atom stereocenters. The first-order valence-electron chi connectivity index (χ1n) is 6.53. The van der Waals surface area contributed by atoms with Crippen LogP contribution in [0.5, 0.6) is 0 Å². The fourth-order valence-electron chi connectivity index (χ4n) is 1.73. The monoisotopic (exact) mass is 354 g/mol. The number of carbonyl (C=O) groups excluding carboxylic acids is 2. The van der Waals surface area contributed by atoms with Crippen molar-refractivity contribution < 1.29 is 9.59 Å². The lowest BCUT2D eigenvalue weighted by Gasteiger charge is -2.08. The number of hydrazine groups is 1. The number of hydrogen-bond donors (Lipinski definition) is 2. The topological polar surface area (TPSA) is 58.2 Å². The third-order valence-corrected chi connectivity index (χ3v) is 5.21. The molecule has 0 atom stereocenters. The van der Waals surface area contributed by atoms with E-state index >= 15 is 0 Å². The quantitative estimate of drug-likeness (QED) is 0.809. The molecule has 0 aliphatic carbocycles. The normalized spacial score (nSPS) is 10.3. The molecule has 0 fully saturated rings. The van der Waals surface area contributed by atoms with Crippen molar-refractivity contribution in [1.82, 2.24) is 10.9 Å². The second-order valence-electron chi connectivity index (χ2n) is 4.52. The van der Waals surface area contributed by atoms with Gasteiger partial charge in [0.05, 0.1) is 10.1 Å². The fourth-order valence-corrected chi connectivity index (χ4v) is 3.76. The van der Waals surface area contributed by atoms with Crippen LogP contribution in [0.25, 0.3) is 0 Å². The Kier molecular flexibility index (Phi) is 6.30. The summed E-state index contributed by atoms with van der Waals surface area (Å²) in [5.41, 5.74) is 6.24. The summed E-state index contributed by atoms with van der Waals surface area (Å²) in [5, 5.41) is 0. The van der Waals surface area contributed by atoms with E-state index in [1.54, 1.807) is 12.1 Å². The van der Waals surface area contributed by atoms with Gasteiger partial charge in [-0.05, 0) is 30.7 Å². The molecule has 2 amide bonds. The summed E-state index contributed by atoms with van der Waals surface area (Å²) in [4.78, 5) is 24.7. The maximum absolute atomic E-state index is 11.9. The zero-order valence-electron chi connectivity index (χ0n) is 11.9. The molecule has 2 aromatic rings. The Morgan fingerprint density at radius 1 is 1.18 bits per heavy atom. The number of carbonyl (C=O) groups is 2. The summed E-state index contributed by atoms with van der Waals surface area (Å²) >= 11 is 8.81. The Labute approximate surface area is 142 Å². The van der Waals surface area contributed by atoms with Crippen molar-refractivity contribution in [2.45, 2.75) is 12.7 Å². The molecule has 1 heterocycles. The van der Waals surface area contributed by atoms with Gasteiger partial charge in [-0.1, -0.05) is 29.8 Å². The van der Waals surface area contributed by atoms with Crippen LogP contribution in [0.2, 0.25) is 4.34 Å². The largest absolute Gasteiger partial charge is 0.272 e. The van der Waals surface area contributed by atoms with Crippen molar-refractivity contribution in [3.05, 3.63) is 56.7 Å². The van der Waals surface area contributed by atoms with E-state index in [-0.39, 0.29) is 17.6 Å². The van der Waals surface area contributed by atoms with Gasteiger partial charge in [0.1, 0.15) is 0 Å². The molecule has 0 spiro atoms. The molecule has 0 radical (unpaired) electrons. The van der Waals surface area contributed by atoms with Crippen molar-refractivity contribution >= 4 is 46.5 Å². The average Bonchev–Trinajstić information content (AvgIpc) is 2.91. The highest BCUT2D eigenvalue weighted by atomic mass is 35.5. The number of nitrogens with one attached hydrogen (secondary N) is 2. The summed E-state index contributed by atoms with van der Waals surface area (Å²) in [6, 6.07) is 11.0. The van der Waals surface area contributed by atoms with Gasteiger partial charge in [0.2, 0.25) is 5.91 Å². The Morgan fingerprint density at radius 2 is 1.95 bits per heavy atom. The third kappa shape index (κ3) is 5.05. The minimum atomic E-state index is -0.318. The molecule has 0 bridgehead atoms. The summed E-state index contributed by atoms with van der Waals surface area (Å²) in [6.07, 6.45) is 0. The van der Waals surface area contributed by atoms with E-state index in [2.05, 4.69) is 10.9 Å². The zero-order chi connectivity index (χ0) is 15.9. The van der Waals surface area contributed by atoms with Crippen molar-refractivity contribution in [3.8, 4) is 0 Å². The van der Waals surface area contributed by atoms with E-state index < -0.39 is 0 Å². The molecule has 22 heavy (non-hydrogen) atoms. The number of thiophene rings is 1. The molecule has 1 aromatic carbocycles. The van der Waals surface area contributed by atoms with Crippen molar-refractivity contribution in [3.63, 3.8) is 0 Å². The van der Waals surface area contributed by atoms with E-state index in [9.17, 15) is 9.59 Å². The Bertz CT molecular complexity index is 673. The van der Waals surface area contributed by atoms with Gasteiger partial charge < -0.3 is 0 Å². The van der Waals surface area contributed by atoms with Crippen molar-refractivity contribution in [2.75, 3.05) is 5.75 Å². The maximum atomic E-state index is 11.9.